The summed E-state index contributed by atoms with van der Waals surface area (Å²) in [5, 5.41) is 0. The van der Waals surface area contributed by atoms with Crippen molar-refractivity contribution in [1.29, 1.82) is 0 Å². The van der Waals surface area contributed by atoms with Gasteiger partial charge in [-0.15, -0.1) is 0 Å². The van der Waals surface area contributed by atoms with Crippen LogP contribution >= 0.6 is 0 Å². The van der Waals surface area contributed by atoms with Crippen molar-refractivity contribution >= 4 is 0 Å². The Hall–Kier alpha value is -3.38. The summed E-state index contributed by atoms with van der Waals surface area (Å²) >= 11 is 0. The van der Waals surface area contributed by atoms with Gasteiger partial charge in [-0.2, -0.15) is 0 Å². The second-order valence-electron chi connectivity index (χ2n) is 13.6. The van der Waals surface area contributed by atoms with Crippen LogP contribution in [0.3, 0.4) is 0 Å². The Balaban J connectivity index is 0.000000142. The molecule has 6 nitrogen and oxygen atoms in total. The van der Waals surface area contributed by atoms with Crippen LogP contribution in [0.2, 0.25) is 0 Å². The molecular formula is C35H46O6. The minimum atomic E-state index is 0.163. The molecule has 222 valence electrons. The van der Waals surface area contributed by atoms with E-state index in [1.54, 1.807) is 0 Å². The summed E-state index contributed by atoms with van der Waals surface area (Å²) < 4.78 is 32.2. The molecule has 0 atom stereocenters. The quantitative estimate of drug-likeness (QED) is 0.275. The molecule has 0 saturated carbocycles. The summed E-state index contributed by atoms with van der Waals surface area (Å²) in [4.78, 5) is 0. The van der Waals surface area contributed by atoms with Crippen LogP contribution in [0.15, 0.2) is 54.6 Å². The fraction of sp³-hybridized carbons (Fsp3) is 0.486. The van der Waals surface area contributed by atoms with Gasteiger partial charge >= 0.3 is 0 Å². The molecule has 0 amide bonds. The first-order valence-corrected chi connectivity index (χ1v) is 14.4. The van der Waals surface area contributed by atoms with Crippen LogP contribution in [0, 0.1) is 0 Å². The van der Waals surface area contributed by atoms with E-state index in [4.69, 9.17) is 28.4 Å². The first-order chi connectivity index (χ1) is 19.2. The molecule has 0 aliphatic carbocycles. The largest absolute Gasteiger partial charge is 0.486 e. The number of hydrogen-bond donors (Lipinski definition) is 0. The molecule has 3 heterocycles. The van der Waals surface area contributed by atoms with Crippen molar-refractivity contribution < 1.29 is 28.4 Å². The van der Waals surface area contributed by atoms with Crippen molar-refractivity contribution in [2.45, 2.75) is 85.2 Å². The zero-order valence-corrected chi connectivity index (χ0v) is 26.2. The van der Waals surface area contributed by atoms with Crippen LogP contribution in [0.5, 0.6) is 28.7 Å². The van der Waals surface area contributed by atoms with Gasteiger partial charge in [0.1, 0.15) is 19.0 Å². The first-order valence-electron chi connectivity index (χ1n) is 14.4. The van der Waals surface area contributed by atoms with E-state index in [1.165, 1.54) is 16.7 Å². The van der Waals surface area contributed by atoms with Crippen LogP contribution in [0.1, 0.15) is 84.6 Å². The lowest BCUT2D eigenvalue weighted by Crippen LogP contribution is -2.17. The molecule has 0 aromatic heterocycles. The molecule has 3 aliphatic heterocycles. The highest BCUT2D eigenvalue weighted by Gasteiger charge is 2.20. The molecule has 41 heavy (non-hydrogen) atoms. The van der Waals surface area contributed by atoms with E-state index in [1.807, 2.05) is 18.2 Å². The summed E-state index contributed by atoms with van der Waals surface area (Å²) in [5.41, 5.74) is 5.55. The fourth-order valence-corrected chi connectivity index (χ4v) is 4.43. The van der Waals surface area contributed by atoms with Gasteiger partial charge in [0.15, 0.2) is 29.8 Å². The second-order valence-corrected chi connectivity index (χ2v) is 13.6. The molecular weight excluding hydrogens is 516 g/mol. The lowest BCUT2D eigenvalue weighted by Gasteiger charge is -2.23. The third-order valence-electron chi connectivity index (χ3n) is 7.13. The van der Waals surface area contributed by atoms with Gasteiger partial charge < -0.3 is 28.4 Å². The van der Waals surface area contributed by atoms with Gasteiger partial charge in [0.2, 0.25) is 6.79 Å². The predicted octanol–water partition coefficient (Wildman–Crippen LogP) is 8.32. The van der Waals surface area contributed by atoms with Crippen molar-refractivity contribution in [2.75, 3.05) is 26.8 Å². The molecule has 6 heteroatoms. The molecule has 0 saturated heterocycles. The molecule has 0 radical (unpaired) electrons. The Morgan fingerprint density at radius 3 is 1.41 bits per heavy atom. The van der Waals surface area contributed by atoms with E-state index in [0.717, 1.165) is 34.3 Å². The van der Waals surface area contributed by atoms with Gasteiger partial charge in [0.05, 0.1) is 6.61 Å². The summed E-state index contributed by atoms with van der Waals surface area (Å²) in [7, 11) is 0. The SMILES string of the molecule is CC(C)(C)c1ccc2c(c1)COCO2.CC(C)(C)c1ccc2c(c1)OCCO2.CC(C)(C)c1ccc2c(c1)OCO2. The topological polar surface area (TPSA) is 55.4 Å². The highest BCUT2D eigenvalue weighted by Crippen LogP contribution is 2.37. The van der Waals surface area contributed by atoms with Crippen LogP contribution in [-0.4, -0.2) is 26.8 Å². The molecule has 0 N–H and O–H groups in total. The van der Waals surface area contributed by atoms with Crippen molar-refractivity contribution in [3.63, 3.8) is 0 Å². The summed E-state index contributed by atoms with van der Waals surface area (Å²) in [5.74, 6) is 4.43. The minimum absolute atomic E-state index is 0.163. The van der Waals surface area contributed by atoms with Crippen molar-refractivity contribution in [3.8, 4) is 28.7 Å². The van der Waals surface area contributed by atoms with E-state index in [9.17, 15) is 0 Å². The van der Waals surface area contributed by atoms with Crippen LogP contribution in [-0.2, 0) is 27.6 Å². The van der Waals surface area contributed by atoms with E-state index in [2.05, 4.69) is 98.7 Å². The lowest BCUT2D eigenvalue weighted by atomic mass is 9.86. The average molecular weight is 563 g/mol. The Bertz CT molecular complexity index is 1250. The maximum Gasteiger partial charge on any atom is 0.231 e. The lowest BCUT2D eigenvalue weighted by molar-refractivity contribution is -0.0164. The van der Waals surface area contributed by atoms with Gasteiger partial charge in [0, 0.05) is 5.56 Å². The molecule has 3 aromatic carbocycles. The van der Waals surface area contributed by atoms with Crippen molar-refractivity contribution in [1.82, 2.24) is 0 Å². The Morgan fingerprint density at radius 1 is 0.439 bits per heavy atom. The zero-order valence-electron chi connectivity index (χ0n) is 26.2. The Morgan fingerprint density at radius 2 is 0.854 bits per heavy atom. The van der Waals surface area contributed by atoms with Gasteiger partial charge in [0.25, 0.3) is 0 Å². The molecule has 0 fully saturated rings. The normalized spacial score (nSPS) is 15.3. The molecule has 0 spiro atoms. The average Bonchev–Trinajstić information content (AvgIpc) is 3.40. The second kappa shape index (κ2) is 12.2. The smallest absolute Gasteiger partial charge is 0.231 e. The van der Waals surface area contributed by atoms with Crippen LogP contribution in [0.25, 0.3) is 0 Å². The van der Waals surface area contributed by atoms with Crippen molar-refractivity contribution in [2.24, 2.45) is 0 Å². The van der Waals surface area contributed by atoms with E-state index in [0.29, 0.717) is 33.4 Å². The number of rotatable bonds is 0. The summed E-state index contributed by atoms with van der Waals surface area (Å²) in [6, 6.07) is 18.6. The number of hydrogen-bond acceptors (Lipinski definition) is 6. The van der Waals surface area contributed by atoms with Crippen LogP contribution < -0.4 is 23.7 Å². The van der Waals surface area contributed by atoms with Crippen LogP contribution in [0.4, 0.5) is 0 Å². The standard InChI is InChI=1S/2C12H16O2.C11H14O2/c1-12(2,3)10-4-5-11-9(6-10)7-13-8-14-11;1-12(2,3)9-4-5-10-11(8-9)14-7-6-13-10;1-11(2,3)8-4-5-9-10(6-8)13-7-12-9/h4-6H,7-8H2,1-3H3;4-5,8H,6-7H2,1-3H3;4-6H,7H2,1-3H3. The fourth-order valence-electron chi connectivity index (χ4n) is 4.43. The van der Waals surface area contributed by atoms with E-state index in [-0.39, 0.29) is 16.2 Å². The van der Waals surface area contributed by atoms with Gasteiger partial charge in [-0.3, -0.25) is 0 Å². The van der Waals surface area contributed by atoms with Gasteiger partial charge in [-0.05, 0) is 69.3 Å². The van der Waals surface area contributed by atoms with Gasteiger partial charge in [-0.25, -0.2) is 0 Å². The van der Waals surface area contributed by atoms with Gasteiger partial charge in [-0.1, -0.05) is 80.5 Å². The molecule has 0 unspecified atom stereocenters. The number of ether oxygens (including phenoxy) is 6. The third-order valence-corrected chi connectivity index (χ3v) is 7.13. The third kappa shape index (κ3) is 8.10. The summed E-state index contributed by atoms with van der Waals surface area (Å²) in [6.07, 6.45) is 0. The maximum absolute atomic E-state index is 5.53. The Kier molecular flexibility index (Phi) is 9.13. The van der Waals surface area contributed by atoms with E-state index >= 15 is 0 Å². The minimum Gasteiger partial charge on any atom is -0.486 e. The Labute approximate surface area is 245 Å². The zero-order chi connectivity index (χ0) is 29.8. The monoisotopic (exact) mass is 562 g/mol. The number of benzene rings is 3. The summed E-state index contributed by atoms with van der Waals surface area (Å²) in [6.45, 7) is 22.5. The maximum atomic E-state index is 5.53. The molecule has 3 aliphatic rings. The van der Waals surface area contributed by atoms with Crippen molar-refractivity contribution in [3.05, 3.63) is 76.9 Å². The molecule has 0 bridgehead atoms. The number of fused-ring (bicyclic) bond motifs is 3. The molecule has 6 rings (SSSR count). The molecule has 3 aromatic rings. The van der Waals surface area contributed by atoms with E-state index < -0.39 is 0 Å². The first kappa shape index (κ1) is 30.6. The highest BCUT2D eigenvalue weighted by atomic mass is 16.7. The highest BCUT2D eigenvalue weighted by molar-refractivity contribution is 5.47. The predicted molar refractivity (Wildman–Crippen MR) is 163 cm³/mol.